The summed E-state index contributed by atoms with van der Waals surface area (Å²) in [4.78, 5) is 22.5. The van der Waals surface area contributed by atoms with Crippen LogP contribution in [0.4, 0.5) is 0 Å². The molecule has 5 nitrogen and oxygen atoms in total. The van der Waals surface area contributed by atoms with Gasteiger partial charge in [-0.15, -0.1) is 12.4 Å². The Hall–Kier alpha value is -0.810. The van der Waals surface area contributed by atoms with Gasteiger partial charge < -0.3 is 15.4 Å². The minimum absolute atomic E-state index is 0. The Labute approximate surface area is 113 Å². The van der Waals surface area contributed by atoms with Gasteiger partial charge in [0.15, 0.2) is 0 Å². The molecule has 0 spiro atoms. The fourth-order valence-electron chi connectivity index (χ4n) is 2.92. The second kappa shape index (κ2) is 6.95. The smallest absolute Gasteiger partial charge is 0.325 e. The number of amides is 1. The Morgan fingerprint density at radius 3 is 2.44 bits per heavy atom. The number of carbonyl (C=O) groups excluding carboxylic acids is 2. The van der Waals surface area contributed by atoms with Crippen molar-refractivity contribution in [2.45, 2.75) is 44.2 Å². The number of halogens is 1. The monoisotopic (exact) mass is 276 g/mol. The van der Waals surface area contributed by atoms with Gasteiger partial charge in [-0.1, -0.05) is 0 Å². The lowest BCUT2D eigenvalue weighted by molar-refractivity contribution is -0.141. The van der Waals surface area contributed by atoms with Gasteiger partial charge in [0.1, 0.15) is 6.54 Å². The lowest BCUT2D eigenvalue weighted by Gasteiger charge is -2.28. The van der Waals surface area contributed by atoms with E-state index in [0.29, 0.717) is 24.4 Å². The SMILES string of the molecule is COC(=O)CNC(=O)CC1CC2CCC(C1)N2.Cl. The van der Waals surface area contributed by atoms with Crippen LogP contribution in [0.15, 0.2) is 0 Å². The standard InChI is InChI=1S/C12H20N2O3.ClH/c1-17-12(16)7-13-11(15)6-8-4-9-2-3-10(5-8)14-9;/h8-10,14H,2-7H2,1H3,(H,13,15);1H. The van der Waals surface area contributed by atoms with Crippen molar-refractivity contribution in [1.29, 1.82) is 0 Å². The molecule has 6 heteroatoms. The highest BCUT2D eigenvalue weighted by molar-refractivity contribution is 5.85. The number of nitrogens with one attached hydrogen (secondary N) is 2. The van der Waals surface area contributed by atoms with E-state index >= 15 is 0 Å². The molecule has 2 aliphatic heterocycles. The molecule has 104 valence electrons. The Balaban J connectivity index is 0.00000162. The van der Waals surface area contributed by atoms with Gasteiger partial charge in [-0.25, -0.2) is 0 Å². The fraction of sp³-hybridized carbons (Fsp3) is 0.833. The summed E-state index contributed by atoms with van der Waals surface area (Å²) in [5, 5.41) is 6.14. The molecule has 18 heavy (non-hydrogen) atoms. The summed E-state index contributed by atoms with van der Waals surface area (Å²) in [5.74, 6) is 0.0248. The second-order valence-corrected chi connectivity index (χ2v) is 5.03. The first-order chi connectivity index (χ1) is 8.17. The van der Waals surface area contributed by atoms with Gasteiger partial charge in [0.05, 0.1) is 7.11 Å². The van der Waals surface area contributed by atoms with Gasteiger partial charge in [-0.05, 0) is 31.6 Å². The quantitative estimate of drug-likeness (QED) is 0.739. The number of rotatable bonds is 4. The maximum atomic E-state index is 11.6. The number of piperidine rings is 1. The van der Waals surface area contributed by atoms with Crippen LogP contribution in [0.25, 0.3) is 0 Å². The molecule has 1 amide bonds. The summed E-state index contributed by atoms with van der Waals surface area (Å²) in [7, 11) is 1.32. The predicted molar refractivity (Wildman–Crippen MR) is 69.6 cm³/mol. The van der Waals surface area contributed by atoms with Crippen molar-refractivity contribution >= 4 is 24.3 Å². The summed E-state index contributed by atoms with van der Waals surface area (Å²) in [6.45, 7) is -0.0207. The number of carbonyl (C=O) groups is 2. The number of fused-ring (bicyclic) bond motifs is 2. The van der Waals surface area contributed by atoms with Crippen molar-refractivity contribution in [3.05, 3.63) is 0 Å². The molecule has 2 N–H and O–H groups in total. The van der Waals surface area contributed by atoms with Crippen LogP contribution in [-0.2, 0) is 14.3 Å². The molecule has 2 rings (SSSR count). The normalized spacial score (nSPS) is 29.3. The van der Waals surface area contributed by atoms with Crippen molar-refractivity contribution in [1.82, 2.24) is 10.6 Å². The highest BCUT2D eigenvalue weighted by Gasteiger charge is 2.34. The fourth-order valence-corrected chi connectivity index (χ4v) is 2.92. The predicted octanol–water partition coefficient (Wildman–Crippen LogP) is 0.618. The van der Waals surface area contributed by atoms with Crippen molar-refractivity contribution in [3.63, 3.8) is 0 Å². The van der Waals surface area contributed by atoms with Gasteiger partial charge >= 0.3 is 5.97 Å². The molecule has 0 aliphatic carbocycles. The van der Waals surface area contributed by atoms with Gasteiger partial charge in [-0.3, -0.25) is 9.59 Å². The minimum atomic E-state index is -0.399. The molecular weight excluding hydrogens is 256 g/mol. The molecule has 2 unspecified atom stereocenters. The lowest BCUT2D eigenvalue weighted by atomic mass is 9.89. The van der Waals surface area contributed by atoms with Gasteiger partial charge in [0, 0.05) is 18.5 Å². The van der Waals surface area contributed by atoms with Crippen LogP contribution < -0.4 is 10.6 Å². The first-order valence-corrected chi connectivity index (χ1v) is 6.27. The average Bonchev–Trinajstić information content (AvgIpc) is 2.65. The molecule has 2 bridgehead atoms. The number of hydrogen-bond acceptors (Lipinski definition) is 4. The number of esters is 1. The zero-order valence-electron chi connectivity index (χ0n) is 10.6. The average molecular weight is 277 g/mol. The third-order valence-corrected chi connectivity index (χ3v) is 3.70. The molecule has 2 saturated heterocycles. The van der Waals surface area contributed by atoms with E-state index in [2.05, 4.69) is 15.4 Å². The first-order valence-electron chi connectivity index (χ1n) is 6.27. The Kier molecular flexibility index (Phi) is 5.88. The molecular formula is C12H21ClN2O3. The summed E-state index contributed by atoms with van der Waals surface area (Å²) in [6, 6.07) is 1.21. The maximum absolute atomic E-state index is 11.6. The molecule has 2 aliphatic rings. The van der Waals surface area contributed by atoms with E-state index < -0.39 is 5.97 Å². The minimum Gasteiger partial charge on any atom is -0.468 e. The first kappa shape index (κ1) is 15.2. The van der Waals surface area contributed by atoms with Crippen LogP contribution in [-0.4, -0.2) is 37.6 Å². The maximum Gasteiger partial charge on any atom is 0.325 e. The van der Waals surface area contributed by atoms with Gasteiger partial charge in [0.2, 0.25) is 5.91 Å². The highest BCUT2D eigenvalue weighted by Crippen LogP contribution is 2.32. The lowest BCUT2D eigenvalue weighted by Crippen LogP contribution is -2.40. The summed E-state index contributed by atoms with van der Waals surface area (Å²) in [6.07, 6.45) is 5.19. The Bertz CT molecular complexity index is 300. The highest BCUT2D eigenvalue weighted by atomic mass is 35.5. The molecule has 0 radical (unpaired) electrons. The van der Waals surface area contributed by atoms with Crippen LogP contribution in [0.3, 0.4) is 0 Å². The Morgan fingerprint density at radius 2 is 1.89 bits per heavy atom. The Morgan fingerprint density at radius 1 is 1.28 bits per heavy atom. The molecule has 2 heterocycles. The summed E-state index contributed by atoms with van der Waals surface area (Å²) >= 11 is 0. The number of hydrogen-bond donors (Lipinski definition) is 2. The molecule has 0 aromatic rings. The summed E-state index contributed by atoms with van der Waals surface area (Å²) in [5.41, 5.74) is 0. The summed E-state index contributed by atoms with van der Waals surface area (Å²) < 4.78 is 4.47. The van der Waals surface area contributed by atoms with E-state index in [1.807, 2.05) is 0 Å². The van der Waals surface area contributed by atoms with E-state index in [4.69, 9.17) is 0 Å². The van der Waals surface area contributed by atoms with Crippen LogP contribution in [0, 0.1) is 5.92 Å². The molecule has 2 atom stereocenters. The van der Waals surface area contributed by atoms with Crippen molar-refractivity contribution in [2.24, 2.45) is 5.92 Å². The zero-order valence-corrected chi connectivity index (χ0v) is 11.4. The van der Waals surface area contributed by atoms with E-state index in [-0.39, 0.29) is 24.9 Å². The van der Waals surface area contributed by atoms with Gasteiger partial charge in [-0.2, -0.15) is 0 Å². The topological polar surface area (TPSA) is 67.4 Å². The third-order valence-electron chi connectivity index (χ3n) is 3.70. The zero-order chi connectivity index (χ0) is 12.3. The van der Waals surface area contributed by atoms with Crippen LogP contribution in [0.1, 0.15) is 32.1 Å². The van der Waals surface area contributed by atoms with E-state index in [0.717, 1.165) is 12.8 Å². The molecule has 0 saturated carbocycles. The van der Waals surface area contributed by atoms with E-state index in [1.54, 1.807) is 0 Å². The molecule has 0 aromatic heterocycles. The van der Waals surface area contributed by atoms with Crippen LogP contribution in [0.2, 0.25) is 0 Å². The number of ether oxygens (including phenoxy) is 1. The van der Waals surface area contributed by atoms with Crippen LogP contribution in [0.5, 0.6) is 0 Å². The number of methoxy groups -OCH3 is 1. The molecule has 0 aromatic carbocycles. The van der Waals surface area contributed by atoms with Gasteiger partial charge in [0.25, 0.3) is 0 Å². The molecule has 2 fully saturated rings. The second-order valence-electron chi connectivity index (χ2n) is 5.03. The van der Waals surface area contributed by atoms with Crippen molar-refractivity contribution < 1.29 is 14.3 Å². The van der Waals surface area contributed by atoms with E-state index in [1.165, 1.54) is 20.0 Å². The third kappa shape index (κ3) is 4.14. The van der Waals surface area contributed by atoms with Crippen molar-refractivity contribution in [2.75, 3.05) is 13.7 Å². The van der Waals surface area contributed by atoms with Crippen LogP contribution >= 0.6 is 12.4 Å². The van der Waals surface area contributed by atoms with Crippen molar-refractivity contribution in [3.8, 4) is 0 Å². The largest absolute Gasteiger partial charge is 0.468 e. The van der Waals surface area contributed by atoms with E-state index in [9.17, 15) is 9.59 Å².